The van der Waals surface area contributed by atoms with Gasteiger partial charge < -0.3 is 9.84 Å². The third-order valence-electron chi connectivity index (χ3n) is 2.96. The summed E-state index contributed by atoms with van der Waals surface area (Å²) >= 11 is 0. The van der Waals surface area contributed by atoms with E-state index in [2.05, 4.69) is 4.99 Å². The molecule has 0 amide bonds. The summed E-state index contributed by atoms with van der Waals surface area (Å²) in [6.45, 7) is 1.41. The van der Waals surface area contributed by atoms with Crippen molar-refractivity contribution in [1.82, 2.24) is 0 Å². The maximum atomic E-state index is 9.99. The van der Waals surface area contributed by atoms with E-state index in [0.29, 0.717) is 12.5 Å². The highest BCUT2D eigenvalue weighted by Gasteiger charge is 2.42. The van der Waals surface area contributed by atoms with Crippen LogP contribution in [0, 0.1) is 0 Å². The van der Waals surface area contributed by atoms with Crippen LogP contribution in [0.2, 0.25) is 0 Å². The maximum Gasteiger partial charge on any atom is 0.216 e. The van der Waals surface area contributed by atoms with Crippen LogP contribution in [0.25, 0.3) is 0 Å². The van der Waals surface area contributed by atoms with Gasteiger partial charge in [-0.25, -0.2) is 4.99 Å². The molecule has 0 spiro atoms. The number of hydrogen-bond acceptors (Lipinski definition) is 3. The normalized spacial score (nSPS) is 22.1. The molecule has 0 atom stereocenters. The lowest BCUT2D eigenvalue weighted by Crippen LogP contribution is -2.07. The smallest absolute Gasteiger partial charge is 0.216 e. The Morgan fingerprint density at radius 2 is 2.20 bits per heavy atom. The predicted molar refractivity (Wildman–Crippen MR) is 56.9 cm³/mol. The fourth-order valence-electron chi connectivity index (χ4n) is 1.86. The maximum absolute atomic E-state index is 9.99. The van der Waals surface area contributed by atoms with E-state index in [0.717, 1.165) is 30.5 Å². The van der Waals surface area contributed by atoms with E-state index in [1.54, 1.807) is 0 Å². The third-order valence-corrected chi connectivity index (χ3v) is 2.96. The Bertz CT molecular complexity index is 421. The second kappa shape index (κ2) is 3.07. The molecule has 1 saturated carbocycles. The lowest BCUT2D eigenvalue weighted by molar-refractivity contribution is 0.151. The molecule has 2 aliphatic rings. The molecule has 0 aromatic heterocycles. The molecule has 0 unspecified atom stereocenters. The Morgan fingerprint density at radius 3 is 2.87 bits per heavy atom. The van der Waals surface area contributed by atoms with Gasteiger partial charge in [0.1, 0.15) is 6.61 Å². The highest BCUT2D eigenvalue weighted by molar-refractivity contribution is 5.95. The molecule has 0 bridgehead atoms. The largest absolute Gasteiger partial charge is 0.476 e. The summed E-state index contributed by atoms with van der Waals surface area (Å²) in [6.07, 6.45) is 1.73. The van der Waals surface area contributed by atoms with Crippen LogP contribution in [-0.4, -0.2) is 24.2 Å². The van der Waals surface area contributed by atoms with Crippen LogP contribution in [0.1, 0.15) is 24.0 Å². The van der Waals surface area contributed by atoms with E-state index in [1.807, 2.05) is 24.3 Å². The van der Waals surface area contributed by atoms with E-state index >= 15 is 0 Å². The Hall–Kier alpha value is -1.35. The molecular weight excluding hydrogens is 190 g/mol. The first kappa shape index (κ1) is 8.92. The Labute approximate surface area is 88.4 Å². The van der Waals surface area contributed by atoms with Crippen LogP contribution in [-0.2, 0) is 10.3 Å². The van der Waals surface area contributed by atoms with Crippen molar-refractivity contribution >= 4 is 5.90 Å². The zero-order valence-corrected chi connectivity index (χ0v) is 8.44. The zero-order chi connectivity index (χ0) is 10.3. The van der Waals surface area contributed by atoms with Gasteiger partial charge in [0.2, 0.25) is 5.90 Å². The molecule has 1 aromatic rings. The number of hydrogen-bond donors (Lipinski definition) is 1. The molecule has 1 aliphatic carbocycles. The summed E-state index contributed by atoms with van der Waals surface area (Å²) in [5.41, 5.74) is 1.39. The van der Waals surface area contributed by atoms with Crippen molar-refractivity contribution in [3.8, 4) is 0 Å². The van der Waals surface area contributed by atoms with Crippen molar-refractivity contribution in [2.45, 2.75) is 18.4 Å². The topological polar surface area (TPSA) is 41.8 Å². The van der Waals surface area contributed by atoms with Gasteiger partial charge >= 0.3 is 0 Å². The van der Waals surface area contributed by atoms with Crippen LogP contribution < -0.4 is 0 Å². The number of nitrogens with zero attached hydrogens (tertiary/aromatic N) is 1. The molecule has 0 radical (unpaired) electrons. The second-order valence-corrected chi connectivity index (χ2v) is 4.15. The van der Waals surface area contributed by atoms with Crippen molar-refractivity contribution in [2.24, 2.45) is 4.99 Å². The average molecular weight is 203 g/mol. The van der Waals surface area contributed by atoms with E-state index in [4.69, 9.17) is 4.74 Å². The minimum absolute atomic E-state index is 0.574. The highest BCUT2D eigenvalue weighted by Crippen LogP contribution is 2.45. The van der Waals surface area contributed by atoms with Crippen LogP contribution >= 0.6 is 0 Å². The van der Waals surface area contributed by atoms with E-state index < -0.39 is 5.60 Å². The molecule has 1 aromatic carbocycles. The molecule has 15 heavy (non-hydrogen) atoms. The lowest BCUT2D eigenvalue weighted by Gasteiger charge is -2.09. The predicted octanol–water partition coefficient (Wildman–Crippen LogP) is 1.44. The van der Waals surface area contributed by atoms with Gasteiger partial charge in [-0.2, -0.15) is 0 Å². The monoisotopic (exact) mass is 203 g/mol. The molecule has 3 rings (SSSR count). The lowest BCUT2D eigenvalue weighted by atomic mass is 10.0. The molecule has 1 aliphatic heterocycles. The van der Waals surface area contributed by atoms with Gasteiger partial charge in [0, 0.05) is 5.56 Å². The minimum Gasteiger partial charge on any atom is -0.476 e. The third kappa shape index (κ3) is 1.53. The van der Waals surface area contributed by atoms with Crippen LogP contribution in [0.4, 0.5) is 0 Å². The first-order valence-electron chi connectivity index (χ1n) is 5.28. The SMILES string of the molecule is OC1(c2cccc(C3=NCCO3)c2)CC1. The quantitative estimate of drug-likeness (QED) is 0.790. The van der Waals surface area contributed by atoms with E-state index in [9.17, 15) is 5.11 Å². The number of rotatable bonds is 2. The van der Waals surface area contributed by atoms with Crippen molar-refractivity contribution in [1.29, 1.82) is 0 Å². The molecule has 0 saturated heterocycles. The molecule has 1 fully saturated rings. The summed E-state index contributed by atoms with van der Waals surface area (Å²) in [6, 6.07) is 7.87. The molecule has 1 N–H and O–H groups in total. The van der Waals surface area contributed by atoms with Gasteiger partial charge in [-0.3, -0.25) is 0 Å². The molecule has 3 heteroatoms. The first-order valence-corrected chi connectivity index (χ1v) is 5.28. The number of aliphatic hydroxyl groups is 1. The number of aliphatic imine (C=N–C) groups is 1. The fraction of sp³-hybridized carbons (Fsp3) is 0.417. The highest BCUT2D eigenvalue weighted by atomic mass is 16.5. The van der Waals surface area contributed by atoms with Crippen LogP contribution in [0.5, 0.6) is 0 Å². The van der Waals surface area contributed by atoms with Crippen molar-refractivity contribution in [3.63, 3.8) is 0 Å². The summed E-state index contributed by atoms with van der Waals surface area (Å²) in [7, 11) is 0. The van der Waals surface area contributed by atoms with Gasteiger partial charge in [0.25, 0.3) is 0 Å². The summed E-state index contributed by atoms with van der Waals surface area (Å²) < 4.78 is 5.40. The second-order valence-electron chi connectivity index (χ2n) is 4.15. The van der Waals surface area contributed by atoms with Gasteiger partial charge in [0.15, 0.2) is 0 Å². The Morgan fingerprint density at radius 1 is 1.33 bits per heavy atom. The fourth-order valence-corrected chi connectivity index (χ4v) is 1.86. The molecule has 1 heterocycles. The van der Waals surface area contributed by atoms with Crippen LogP contribution in [0.3, 0.4) is 0 Å². The average Bonchev–Trinajstić information content (AvgIpc) is 2.84. The number of ether oxygens (including phenoxy) is 1. The van der Waals surface area contributed by atoms with Crippen molar-refractivity contribution in [2.75, 3.05) is 13.2 Å². The molecule has 78 valence electrons. The van der Waals surface area contributed by atoms with Gasteiger partial charge in [0.05, 0.1) is 12.1 Å². The first-order chi connectivity index (χ1) is 7.28. The molecule has 3 nitrogen and oxygen atoms in total. The van der Waals surface area contributed by atoms with Gasteiger partial charge in [-0.05, 0) is 30.5 Å². The minimum atomic E-state index is -0.574. The van der Waals surface area contributed by atoms with Crippen LogP contribution in [0.15, 0.2) is 29.3 Å². The van der Waals surface area contributed by atoms with Crippen molar-refractivity contribution in [3.05, 3.63) is 35.4 Å². The summed E-state index contributed by atoms with van der Waals surface area (Å²) in [5.74, 6) is 0.709. The summed E-state index contributed by atoms with van der Waals surface area (Å²) in [5, 5.41) is 9.99. The Balaban J connectivity index is 1.96. The van der Waals surface area contributed by atoms with Gasteiger partial charge in [-0.15, -0.1) is 0 Å². The Kier molecular flexibility index (Phi) is 1.83. The van der Waals surface area contributed by atoms with Gasteiger partial charge in [-0.1, -0.05) is 12.1 Å². The summed E-state index contributed by atoms with van der Waals surface area (Å²) in [4.78, 5) is 4.26. The molecular formula is C12H13NO2. The zero-order valence-electron chi connectivity index (χ0n) is 8.44. The number of benzene rings is 1. The standard InChI is InChI=1S/C12H13NO2/c14-12(4-5-12)10-3-1-2-9(8-10)11-13-6-7-15-11/h1-3,8,14H,4-7H2. The van der Waals surface area contributed by atoms with Crippen molar-refractivity contribution < 1.29 is 9.84 Å². The van der Waals surface area contributed by atoms with E-state index in [-0.39, 0.29) is 0 Å². The van der Waals surface area contributed by atoms with E-state index in [1.165, 1.54) is 0 Å².